The van der Waals surface area contributed by atoms with Crippen LogP contribution >= 0.6 is 0 Å². The van der Waals surface area contributed by atoms with Crippen LogP contribution in [0.15, 0.2) is 53.1 Å². The number of amides is 3. The molecule has 0 saturated heterocycles. The average molecular weight is 483 g/mol. The van der Waals surface area contributed by atoms with Crippen molar-refractivity contribution in [3.8, 4) is 11.5 Å². The third-order valence-corrected chi connectivity index (χ3v) is 4.82. The number of hydrogen-bond donors (Lipinski definition) is 3. The first-order valence-electron chi connectivity index (χ1n) is 10.9. The average Bonchev–Trinajstić information content (AvgIpc) is 3.27. The second-order valence-electron chi connectivity index (χ2n) is 7.30. The van der Waals surface area contributed by atoms with Crippen LogP contribution in [0.5, 0.6) is 11.5 Å². The molecule has 0 atom stereocenters. The number of carbonyl (C=O) groups excluding carboxylic acids is 3. The molecule has 3 rings (SSSR count). The number of furan rings is 1. The molecular formula is C25H26FN3O6. The van der Waals surface area contributed by atoms with Gasteiger partial charge in [-0.1, -0.05) is 0 Å². The second kappa shape index (κ2) is 11.7. The van der Waals surface area contributed by atoms with Gasteiger partial charge < -0.3 is 29.8 Å². The number of anilines is 2. The molecule has 2 aromatic carbocycles. The highest BCUT2D eigenvalue weighted by atomic mass is 19.1. The number of carbonyl (C=O) groups is 3. The minimum atomic E-state index is -0.675. The summed E-state index contributed by atoms with van der Waals surface area (Å²) in [5.41, 5.74) is 0.689. The Morgan fingerprint density at radius 2 is 1.66 bits per heavy atom. The van der Waals surface area contributed by atoms with E-state index in [4.69, 9.17) is 13.9 Å². The highest BCUT2D eigenvalue weighted by molar-refractivity contribution is 6.05. The van der Waals surface area contributed by atoms with Crippen molar-refractivity contribution in [2.75, 3.05) is 30.4 Å². The summed E-state index contributed by atoms with van der Waals surface area (Å²) in [6.07, 6.45) is 1.36. The van der Waals surface area contributed by atoms with Crippen LogP contribution in [0.25, 0.3) is 0 Å². The summed E-state index contributed by atoms with van der Waals surface area (Å²) in [4.78, 5) is 37.2. The Morgan fingerprint density at radius 3 is 2.34 bits per heavy atom. The van der Waals surface area contributed by atoms with Crippen LogP contribution in [0.1, 0.15) is 40.3 Å². The third kappa shape index (κ3) is 6.59. The fourth-order valence-electron chi connectivity index (χ4n) is 3.17. The molecule has 3 N–H and O–H groups in total. The first-order chi connectivity index (χ1) is 16.8. The monoisotopic (exact) mass is 483 g/mol. The van der Waals surface area contributed by atoms with Crippen molar-refractivity contribution in [3.05, 3.63) is 71.4 Å². The van der Waals surface area contributed by atoms with Gasteiger partial charge in [0.2, 0.25) is 5.91 Å². The maximum Gasteiger partial charge on any atom is 0.259 e. The topological polar surface area (TPSA) is 119 Å². The molecule has 35 heavy (non-hydrogen) atoms. The fourth-order valence-corrected chi connectivity index (χ4v) is 3.17. The number of halogens is 1. The number of hydrogen-bond acceptors (Lipinski definition) is 6. The van der Waals surface area contributed by atoms with Crippen LogP contribution in [0.3, 0.4) is 0 Å². The number of nitrogens with one attached hydrogen (secondary N) is 3. The molecule has 3 aromatic rings. The summed E-state index contributed by atoms with van der Waals surface area (Å²) in [6.45, 7) is 5.79. The Morgan fingerprint density at radius 1 is 0.914 bits per heavy atom. The second-order valence-corrected chi connectivity index (χ2v) is 7.30. The Balaban J connectivity index is 1.60. The largest absolute Gasteiger partial charge is 0.490 e. The number of rotatable bonds is 10. The van der Waals surface area contributed by atoms with Gasteiger partial charge in [0, 0.05) is 11.3 Å². The molecule has 1 heterocycles. The highest BCUT2D eigenvalue weighted by Gasteiger charge is 2.16. The summed E-state index contributed by atoms with van der Waals surface area (Å²) < 4.78 is 30.3. The van der Waals surface area contributed by atoms with Crippen molar-refractivity contribution >= 4 is 29.1 Å². The summed E-state index contributed by atoms with van der Waals surface area (Å²) in [7, 11) is 0. The van der Waals surface area contributed by atoms with Gasteiger partial charge in [0.05, 0.1) is 37.3 Å². The number of aryl methyl sites for hydroxylation is 1. The smallest absolute Gasteiger partial charge is 0.259 e. The first kappa shape index (κ1) is 25.3. The van der Waals surface area contributed by atoms with Crippen LogP contribution < -0.4 is 25.4 Å². The van der Waals surface area contributed by atoms with E-state index in [-0.39, 0.29) is 23.5 Å². The van der Waals surface area contributed by atoms with E-state index in [1.54, 1.807) is 25.1 Å². The van der Waals surface area contributed by atoms with Gasteiger partial charge in [0.1, 0.15) is 11.6 Å². The van der Waals surface area contributed by atoms with Crippen molar-refractivity contribution in [2.45, 2.75) is 20.8 Å². The molecule has 0 aliphatic rings. The molecule has 0 bridgehead atoms. The molecule has 0 aliphatic carbocycles. The number of ether oxygens (including phenoxy) is 2. The molecular weight excluding hydrogens is 457 g/mol. The van der Waals surface area contributed by atoms with Crippen molar-refractivity contribution in [2.24, 2.45) is 0 Å². The molecule has 3 amide bonds. The first-order valence-corrected chi connectivity index (χ1v) is 10.9. The van der Waals surface area contributed by atoms with Gasteiger partial charge in [0.25, 0.3) is 11.8 Å². The Hall–Kier alpha value is -4.34. The molecule has 9 nitrogen and oxygen atoms in total. The van der Waals surface area contributed by atoms with Gasteiger partial charge in [-0.3, -0.25) is 14.4 Å². The SMILES string of the molecule is CCOc1ccc(C(=O)NCC(=O)Nc2ccc(F)c(NC(=O)c3ccoc3C)c2)cc1OCC. The van der Waals surface area contributed by atoms with Crippen LogP contribution in [0.4, 0.5) is 15.8 Å². The van der Waals surface area contributed by atoms with Crippen molar-refractivity contribution in [1.82, 2.24) is 5.32 Å². The van der Waals surface area contributed by atoms with Gasteiger partial charge in [-0.2, -0.15) is 0 Å². The molecule has 10 heteroatoms. The summed E-state index contributed by atoms with van der Waals surface area (Å²) in [5.74, 6) is -0.901. The van der Waals surface area contributed by atoms with Crippen LogP contribution in [-0.2, 0) is 4.79 Å². The van der Waals surface area contributed by atoms with Gasteiger partial charge in [-0.05, 0) is 63.2 Å². The maximum absolute atomic E-state index is 14.2. The lowest BCUT2D eigenvalue weighted by atomic mass is 10.2. The highest BCUT2D eigenvalue weighted by Crippen LogP contribution is 2.28. The lowest BCUT2D eigenvalue weighted by molar-refractivity contribution is -0.115. The lowest BCUT2D eigenvalue weighted by Crippen LogP contribution is -2.32. The Bertz CT molecular complexity index is 1220. The minimum Gasteiger partial charge on any atom is -0.490 e. The zero-order valence-corrected chi connectivity index (χ0v) is 19.6. The molecule has 1 aromatic heterocycles. The van der Waals surface area contributed by atoms with E-state index in [1.807, 2.05) is 13.8 Å². The predicted octanol–water partition coefficient (Wildman–Crippen LogP) is 4.15. The van der Waals surface area contributed by atoms with E-state index in [0.717, 1.165) is 6.07 Å². The zero-order valence-electron chi connectivity index (χ0n) is 19.6. The number of benzene rings is 2. The molecule has 0 unspecified atom stereocenters. The molecule has 0 fully saturated rings. The molecule has 0 radical (unpaired) electrons. The van der Waals surface area contributed by atoms with E-state index in [0.29, 0.717) is 36.0 Å². The Kier molecular flexibility index (Phi) is 8.44. The Labute approximate surface area is 201 Å². The van der Waals surface area contributed by atoms with Crippen molar-refractivity contribution < 1.29 is 32.7 Å². The summed E-state index contributed by atoms with van der Waals surface area (Å²) >= 11 is 0. The maximum atomic E-state index is 14.2. The van der Waals surface area contributed by atoms with Gasteiger partial charge >= 0.3 is 0 Å². The van der Waals surface area contributed by atoms with Gasteiger partial charge in [-0.15, -0.1) is 0 Å². The fraction of sp³-hybridized carbons (Fsp3) is 0.240. The molecule has 0 saturated carbocycles. The van der Waals surface area contributed by atoms with Crippen molar-refractivity contribution in [1.29, 1.82) is 0 Å². The quantitative estimate of drug-likeness (QED) is 0.399. The van der Waals surface area contributed by atoms with Gasteiger partial charge in [-0.25, -0.2) is 4.39 Å². The van der Waals surface area contributed by atoms with E-state index < -0.39 is 23.5 Å². The standard InChI is InChI=1S/C25H26FN3O6/c1-4-33-21-9-6-16(12-22(21)34-5-2)24(31)27-14-23(30)28-17-7-8-19(26)20(13-17)29-25(32)18-10-11-35-15(18)3/h6-13H,4-5,14H2,1-3H3,(H,27,31)(H,28,30)(H,29,32). The summed E-state index contributed by atoms with van der Waals surface area (Å²) in [6, 6.07) is 9.94. The minimum absolute atomic E-state index is 0.115. The van der Waals surface area contributed by atoms with Gasteiger partial charge in [0.15, 0.2) is 11.5 Å². The molecule has 0 spiro atoms. The van der Waals surface area contributed by atoms with E-state index in [2.05, 4.69) is 16.0 Å². The third-order valence-electron chi connectivity index (χ3n) is 4.82. The lowest BCUT2D eigenvalue weighted by Gasteiger charge is -2.13. The van der Waals surface area contributed by atoms with Crippen LogP contribution in [0.2, 0.25) is 0 Å². The van der Waals surface area contributed by atoms with Crippen molar-refractivity contribution in [3.63, 3.8) is 0 Å². The molecule has 184 valence electrons. The van der Waals surface area contributed by atoms with E-state index in [9.17, 15) is 18.8 Å². The zero-order chi connectivity index (χ0) is 25.4. The van der Waals surface area contributed by atoms with Crippen LogP contribution in [0, 0.1) is 12.7 Å². The predicted molar refractivity (Wildman–Crippen MR) is 128 cm³/mol. The van der Waals surface area contributed by atoms with E-state index >= 15 is 0 Å². The summed E-state index contributed by atoms with van der Waals surface area (Å²) in [5, 5.41) is 7.53. The van der Waals surface area contributed by atoms with E-state index in [1.165, 1.54) is 24.5 Å². The normalized spacial score (nSPS) is 10.4. The molecule has 0 aliphatic heterocycles. The van der Waals surface area contributed by atoms with Crippen LogP contribution in [-0.4, -0.2) is 37.5 Å².